The number of guanidine groups is 1. The van der Waals surface area contributed by atoms with Crippen LogP contribution in [0.2, 0.25) is 0 Å². The highest BCUT2D eigenvalue weighted by Gasteiger charge is 2.41. The van der Waals surface area contributed by atoms with E-state index in [0.29, 0.717) is 25.3 Å². The van der Waals surface area contributed by atoms with Crippen molar-refractivity contribution in [3.8, 4) is 0 Å². The Labute approximate surface area is 149 Å². The first-order valence-corrected chi connectivity index (χ1v) is 8.70. The second-order valence-electron chi connectivity index (χ2n) is 6.97. The zero-order valence-corrected chi connectivity index (χ0v) is 15.1. The topological polar surface area (TPSA) is 74.0 Å². The lowest BCUT2D eigenvalue weighted by molar-refractivity contribution is 0.0172. The molecule has 1 atom stereocenters. The molecular weight excluding hydrogens is 342 g/mol. The zero-order chi connectivity index (χ0) is 18.5. The Kier molecular flexibility index (Phi) is 4.02. The average Bonchev–Trinajstić information content (AvgIpc) is 3.26. The number of likely N-dealkylation sites (tertiary alicyclic amines) is 1. The molecule has 2 aliphatic rings. The van der Waals surface area contributed by atoms with Gasteiger partial charge in [0.25, 0.3) is 5.92 Å². The van der Waals surface area contributed by atoms with Crippen LogP contribution in [0.15, 0.2) is 11.2 Å². The number of fused-ring (bicyclic) bond motifs is 1. The van der Waals surface area contributed by atoms with Gasteiger partial charge >= 0.3 is 0 Å². The number of aromatic nitrogens is 4. The third kappa shape index (κ3) is 3.09. The van der Waals surface area contributed by atoms with Crippen LogP contribution in [0.25, 0.3) is 5.65 Å². The van der Waals surface area contributed by atoms with E-state index in [-0.39, 0.29) is 19.1 Å². The molecule has 2 aliphatic heterocycles. The summed E-state index contributed by atoms with van der Waals surface area (Å²) in [6.45, 7) is 3.89. The number of hydrogen-bond acceptors (Lipinski definition) is 7. The summed E-state index contributed by atoms with van der Waals surface area (Å²) in [6.07, 6.45) is 2.85. The number of nitrogens with zero attached hydrogens (tertiary/aromatic N) is 7. The molecule has 10 heteroatoms. The van der Waals surface area contributed by atoms with Crippen molar-refractivity contribution in [3.05, 3.63) is 23.4 Å². The molecule has 0 amide bonds. The highest BCUT2D eigenvalue weighted by atomic mass is 19.3. The number of nitrogens with one attached hydrogen (secondary N) is 1. The molecule has 1 fully saturated rings. The summed E-state index contributed by atoms with van der Waals surface area (Å²) < 4.78 is 28.6. The Morgan fingerprint density at radius 1 is 1.35 bits per heavy atom. The Balaban J connectivity index is 1.45. The van der Waals surface area contributed by atoms with Crippen molar-refractivity contribution >= 4 is 11.6 Å². The lowest BCUT2D eigenvalue weighted by Crippen LogP contribution is -2.44. The van der Waals surface area contributed by atoms with E-state index in [4.69, 9.17) is 0 Å². The first-order valence-electron chi connectivity index (χ1n) is 8.70. The van der Waals surface area contributed by atoms with Crippen LogP contribution in [0.4, 0.5) is 8.78 Å². The van der Waals surface area contributed by atoms with Gasteiger partial charge in [0.1, 0.15) is 6.17 Å². The molecule has 0 aliphatic carbocycles. The van der Waals surface area contributed by atoms with Gasteiger partial charge in [-0.25, -0.2) is 23.3 Å². The fraction of sp³-hybridized carbons (Fsp3) is 0.625. The molecule has 2 aromatic rings. The maximum atomic E-state index is 13.4. The minimum absolute atomic E-state index is 0.125. The van der Waals surface area contributed by atoms with Crippen LogP contribution in [0, 0.1) is 13.8 Å². The van der Waals surface area contributed by atoms with Gasteiger partial charge in [0.05, 0.1) is 17.9 Å². The monoisotopic (exact) mass is 364 g/mol. The van der Waals surface area contributed by atoms with Crippen molar-refractivity contribution in [2.24, 2.45) is 4.99 Å². The molecule has 26 heavy (non-hydrogen) atoms. The van der Waals surface area contributed by atoms with Crippen molar-refractivity contribution < 1.29 is 8.78 Å². The normalized spacial score (nSPS) is 22.9. The quantitative estimate of drug-likeness (QED) is 0.881. The Morgan fingerprint density at radius 2 is 2.15 bits per heavy atom. The predicted molar refractivity (Wildman–Crippen MR) is 91.8 cm³/mol. The maximum Gasteiger partial charge on any atom is 0.267 e. The molecule has 8 nitrogen and oxygen atoms in total. The van der Waals surface area contributed by atoms with E-state index < -0.39 is 5.92 Å². The smallest absolute Gasteiger partial charge is 0.267 e. The van der Waals surface area contributed by atoms with Crippen molar-refractivity contribution in [1.82, 2.24) is 34.9 Å². The third-order valence-corrected chi connectivity index (χ3v) is 4.84. The number of aliphatic imine (C=N–C) groups is 1. The number of rotatable bonds is 3. The molecule has 0 aromatic carbocycles. The van der Waals surface area contributed by atoms with Gasteiger partial charge in [0, 0.05) is 32.6 Å². The van der Waals surface area contributed by atoms with Gasteiger partial charge < -0.3 is 4.90 Å². The Bertz CT molecular complexity index is 822. The number of aryl methyl sites for hydroxylation is 3. The highest BCUT2D eigenvalue weighted by molar-refractivity contribution is 5.81. The van der Waals surface area contributed by atoms with Gasteiger partial charge in [-0.3, -0.25) is 10.4 Å². The third-order valence-electron chi connectivity index (χ3n) is 4.84. The van der Waals surface area contributed by atoms with E-state index in [1.54, 1.807) is 15.6 Å². The van der Waals surface area contributed by atoms with E-state index >= 15 is 0 Å². The van der Waals surface area contributed by atoms with Crippen LogP contribution in [0.3, 0.4) is 0 Å². The van der Waals surface area contributed by atoms with Gasteiger partial charge in [-0.2, -0.15) is 10.1 Å². The SMILES string of the molecule is Cc1ncc(C)n2nc(CCC3N=C(N4CCC(F)(F)C4)NN3C)nc12. The molecule has 1 unspecified atom stereocenters. The Morgan fingerprint density at radius 3 is 2.85 bits per heavy atom. The van der Waals surface area contributed by atoms with E-state index in [2.05, 4.69) is 25.5 Å². The summed E-state index contributed by atoms with van der Waals surface area (Å²) in [6, 6.07) is 0. The molecule has 1 saturated heterocycles. The van der Waals surface area contributed by atoms with E-state index in [1.165, 1.54) is 0 Å². The summed E-state index contributed by atoms with van der Waals surface area (Å²) in [7, 11) is 1.87. The fourth-order valence-electron chi connectivity index (χ4n) is 3.32. The van der Waals surface area contributed by atoms with Crippen molar-refractivity contribution in [2.45, 2.75) is 45.2 Å². The largest absolute Gasteiger partial charge is 0.336 e. The number of hydrazine groups is 1. The summed E-state index contributed by atoms with van der Waals surface area (Å²) in [5.41, 5.74) is 5.62. The van der Waals surface area contributed by atoms with Crippen LogP contribution in [-0.4, -0.2) is 67.7 Å². The van der Waals surface area contributed by atoms with Crippen LogP contribution >= 0.6 is 0 Å². The summed E-state index contributed by atoms with van der Waals surface area (Å²) in [5, 5.41) is 6.39. The number of hydrogen-bond donors (Lipinski definition) is 1. The summed E-state index contributed by atoms with van der Waals surface area (Å²) in [5.74, 6) is -1.38. The molecule has 140 valence electrons. The molecule has 4 heterocycles. The standard InChI is InChI=1S/C16H22F2N8/c1-10-8-19-11(2)14-20-12(22-26(10)14)4-5-13-21-15(23-24(13)3)25-7-6-16(17,18)9-25/h8,13H,4-7,9H2,1-3H3,(H,21,23). The van der Waals surface area contributed by atoms with E-state index in [1.807, 2.05) is 25.9 Å². The average molecular weight is 364 g/mol. The van der Waals surface area contributed by atoms with Gasteiger partial charge in [0.15, 0.2) is 11.5 Å². The molecular formula is C16H22F2N8. The fourth-order valence-corrected chi connectivity index (χ4v) is 3.32. The lowest BCUT2D eigenvalue weighted by Gasteiger charge is -2.20. The van der Waals surface area contributed by atoms with Crippen molar-refractivity contribution in [2.75, 3.05) is 20.1 Å². The lowest BCUT2D eigenvalue weighted by atomic mass is 10.2. The van der Waals surface area contributed by atoms with Crippen molar-refractivity contribution in [1.29, 1.82) is 0 Å². The Hall–Kier alpha value is -2.36. The molecule has 0 saturated carbocycles. The molecule has 0 radical (unpaired) electrons. The molecule has 2 aromatic heterocycles. The number of halogens is 2. The van der Waals surface area contributed by atoms with Crippen LogP contribution in [-0.2, 0) is 6.42 Å². The summed E-state index contributed by atoms with van der Waals surface area (Å²) in [4.78, 5) is 15.1. The van der Waals surface area contributed by atoms with Gasteiger partial charge in [-0.1, -0.05) is 0 Å². The number of alkyl halides is 2. The first-order chi connectivity index (χ1) is 12.3. The maximum absolute atomic E-state index is 13.4. The molecule has 1 N–H and O–H groups in total. The zero-order valence-electron chi connectivity index (χ0n) is 15.1. The van der Waals surface area contributed by atoms with Gasteiger partial charge in [0.2, 0.25) is 5.96 Å². The molecule has 0 bridgehead atoms. The van der Waals surface area contributed by atoms with E-state index in [0.717, 1.165) is 22.9 Å². The second-order valence-corrected chi connectivity index (χ2v) is 6.97. The molecule has 0 spiro atoms. The van der Waals surface area contributed by atoms with E-state index in [9.17, 15) is 8.78 Å². The van der Waals surface area contributed by atoms with Crippen LogP contribution < -0.4 is 5.43 Å². The predicted octanol–water partition coefficient (Wildman–Crippen LogP) is 1.15. The van der Waals surface area contributed by atoms with Gasteiger partial charge in [-0.15, -0.1) is 0 Å². The summed E-state index contributed by atoms with van der Waals surface area (Å²) >= 11 is 0. The van der Waals surface area contributed by atoms with Crippen molar-refractivity contribution in [3.63, 3.8) is 0 Å². The van der Waals surface area contributed by atoms with Gasteiger partial charge in [-0.05, 0) is 20.3 Å². The minimum atomic E-state index is -2.63. The highest BCUT2D eigenvalue weighted by Crippen LogP contribution is 2.27. The van der Waals surface area contributed by atoms with Crippen LogP contribution in [0.5, 0.6) is 0 Å². The van der Waals surface area contributed by atoms with Crippen LogP contribution in [0.1, 0.15) is 30.1 Å². The molecule has 4 rings (SSSR count). The first kappa shape index (κ1) is 17.1. The minimum Gasteiger partial charge on any atom is -0.336 e. The second kappa shape index (κ2) is 6.11.